The highest BCUT2D eigenvalue weighted by atomic mass is 35.5. The van der Waals surface area contributed by atoms with Gasteiger partial charge in [0.15, 0.2) is 0 Å². The summed E-state index contributed by atoms with van der Waals surface area (Å²) in [6, 6.07) is 8.70. The van der Waals surface area contributed by atoms with Crippen LogP contribution in [0.4, 0.5) is 0 Å². The summed E-state index contributed by atoms with van der Waals surface area (Å²) in [5.74, 6) is 0.246. The van der Waals surface area contributed by atoms with E-state index in [1.54, 1.807) is 30.6 Å². The quantitative estimate of drug-likeness (QED) is 0.806. The van der Waals surface area contributed by atoms with Crippen LogP contribution in [0.3, 0.4) is 0 Å². The number of ether oxygens (including phenoxy) is 2. The largest absolute Gasteiger partial charge is 0.487 e. The minimum atomic E-state index is -0.355. The predicted molar refractivity (Wildman–Crippen MR) is 71.4 cm³/mol. The number of aromatic nitrogens is 1. The number of halogens is 1. The van der Waals surface area contributed by atoms with Gasteiger partial charge in [-0.25, -0.2) is 4.79 Å². The third kappa shape index (κ3) is 3.69. The van der Waals surface area contributed by atoms with Crippen LogP contribution in [0.25, 0.3) is 0 Å². The number of hydrogen-bond acceptors (Lipinski definition) is 4. The summed E-state index contributed by atoms with van der Waals surface area (Å²) in [6.07, 6.45) is 3.13. The Balaban J connectivity index is 1.98. The first kappa shape index (κ1) is 13.4. The van der Waals surface area contributed by atoms with Gasteiger partial charge in [-0.15, -0.1) is 0 Å². The van der Waals surface area contributed by atoms with Gasteiger partial charge in [-0.1, -0.05) is 23.7 Å². The second-order valence-electron chi connectivity index (χ2n) is 3.82. The van der Waals surface area contributed by atoms with Crippen LogP contribution in [0, 0.1) is 0 Å². The van der Waals surface area contributed by atoms with Crippen molar-refractivity contribution in [1.82, 2.24) is 4.98 Å². The fourth-order valence-electron chi connectivity index (χ4n) is 1.49. The average molecular weight is 278 g/mol. The lowest BCUT2D eigenvalue weighted by molar-refractivity contribution is 0.0600. The van der Waals surface area contributed by atoms with E-state index >= 15 is 0 Å². The normalized spacial score (nSPS) is 10.0. The van der Waals surface area contributed by atoms with Gasteiger partial charge in [-0.2, -0.15) is 0 Å². The molecule has 19 heavy (non-hydrogen) atoms. The van der Waals surface area contributed by atoms with E-state index in [0.717, 1.165) is 5.56 Å². The zero-order chi connectivity index (χ0) is 13.7. The Hall–Kier alpha value is -2.07. The molecule has 2 rings (SSSR count). The Kier molecular flexibility index (Phi) is 4.36. The van der Waals surface area contributed by atoms with Crippen molar-refractivity contribution in [2.24, 2.45) is 0 Å². The van der Waals surface area contributed by atoms with Gasteiger partial charge in [-0.05, 0) is 17.7 Å². The fraction of sp³-hybridized carbons (Fsp3) is 0.143. The molecule has 0 saturated heterocycles. The molecular formula is C14H12ClNO3. The standard InChI is InChI=1S/C14H12ClNO3/c1-18-14(17)11-4-2-10(3-5-11)9-19-13-6-12(15)7-16-8-13/h2-8H,9H2,1H3. The Bertz CT molecular complexity index is 569. The molecule has 0 saturated carbocycles. The summed E-state index contributed by atoms with van der Waals surface area (Å²) in [7, 11) is 1.35. The highest BCUT2D eigenvalue weighted by molar-refractivity contribution is 6.30. The molecule has 5 heteroatoms. The molecule has 98 valence electrons. The van der Waals surface area contributed by atoms with Crippen LogP contribution in [-0.4, -0.2) is 18.1 Å². The minimum Gasteiger partial charge on any atom is -0.487 e. The number of methoxy groups -OCH3 is 1. The van der Waals surface area contributed by atoms with Crippen LogP contribution < -0.4 is 4.74 Å². The Morgan fingerprint density at radius 1 is 1.26 bits per heavy atom. The fourth-order valence-corrected chi connectivity index (χ4v) is 1.66. The first-order valence-electron chi connectivity index (χ1n) is 5.59. The minimum absolute atomic E-state index is 0.355. The van der Waals surface area contributed by atoms with E-state index in [-0.39, 0.29) is 5.97 Å². The van der Waals surface area contributed by atoms with E-state index in [2.05, 4.69) is 9.72 Å². The lowest BCUT2D eigenvalue weighted by atomic mass is 10.1. The summed E-state index contributed by atoms with van der Waals surface area (Å²) < 4.78 is 10.2. The van der Waals surface area contributed by atoms with E-state index in [1.807, 2.05) is 12.1 Å². The molecule has 1 heterocycles. The van der Waals surface area contributed by atoms with Gasteiger partial charge in [0, 0.05) is 12.3 Å². The summed E-state index contributed by atoms with van der Waals surface area (Å²) in [5, 5.41) is 0.526. The molecule has 0 aliphatic carbocycles. The van der Waals surface area contributed by atoms with Crippen LogP contribution in [0.15, 0.2) is 42.7 Å². The first-order chi connectivity index (χ1) is 9.19. The van der Waals surface area contributed by atoms with Crippen LogP contribution >= 0.6 is 11.6 Å². The number of nitrogens with zero attached hydrogens (tertiary/aromatic N) is 1. The molecule has 0 unspecified atom stereocenters. The maximum Gasteiger partial charge on any atom is 0.337 e. The molecule has 0 atom stereocenters. The Morgan fingerprint density at radius 3 is 2.63 bits per heavy atom. The molecule has 0 amide bonds. The van der Waals surface area contributed by atoms with Crippen molar-refractivity contribution in [3.63, 3.8) is 0 Å². The molecule has 4 nitrogen and oxygen atoms in total. The number of hydrogen-bond donors (Lipinski definition) is 0. The van der Waals surface area contributed by atoms with Crippen molar-refractivity contribution >= 4 is 17.6 Å². The monoisotopic (exact) mass is 277 g/mol. The van der Waals surface area contributed by atoms with Gasteiger partial charge in [0.05, 0.1) is 23.9 Å². The van der Waals surface area contributed by atoms with Crippen molar-refractivity contribution in [1.29, 1.82) is 0 Å². The van der Waals surface area contributed by atoms with Gasteiger partial charge in [0.25, 0.3) is 0 Å². The van der Waals surface area contributed by atoms with Gasteiger partial charge < -0.3 is 9.47 Å². The van der Waals surface area contributed by atoms with Crippen molar-refractivity contribution < 1.29 is 14.3 Å². The molecule has 0 bridgehead atoms. The van der Waals surface area contributed by atoms with Crippen LogP contribution in [0.2, 0.25) is 5.02 Å². The molecule has 2 aromatic rings. The van der Waals surface area contributed by atoms with Gasteiger partial charge in [0.2, 0.25) is 0 Å². The van der Waals surface area contributed by atoms with Crippen LogP contribution in [0.1, 0.15) is 15.9 Å². The van der Waals surface area contributed by atoms with E-state index < -0.39 is 0 Å². The maximum absolute atomic E-state index is 11.3. The number of carbonyl (C=O) groups excluding carboxylic acids is 1. The third-order valence-electron chi connectivity index (χ3n) is 2.46. The third-order valence-corrected chi connectivity index (χ3v) is 2.67. The number of carbonyl (C=O) groups is 1. The number of pyridine rings is 1. The lowest BCUT2D eigenvalue weighted by Crippen LogP contribution is -2.02. The number of benzene rings is 1. The van der Waals surface area contributed by atoms with Gasteiger partial charge >= 0.3 is 5.97 Å². The molecule has 0 aliphatic rings. The first-order valence-corrected chi connectivity index (χ1v) is 5.97. The molecule has 0 radical (unpaired) electrons. The molecule has 1 aromatic heterocycles. The highest BCUT2D eigenvalue weighted by Crippen LogP contribution is 2.16. The molecule has 0 aliphatic heterocycles. The molecule has 0 spiro atoms. The van der Waals surface area contributed by atoms with Crippen LogP contribution in [0.5, 0.6) is 5.75 Å². The van der Waals surface area contributed by atoms with E-state index in [9.17, 15) is 4.79 Å². The second kappa shape index (κ2) is 6.20. The van der Waals surface area contributed by atoms with E-state index in [0.29, 0.717) is 22.9 Å². The zero-order valence-corrected chi connectivity index (χ0v) is 11.1. The van der Waals surface area contributed by atoms with Crippen molar-refractivity contribution in [2.45, 2.75) is 6.61 Å². The molecule has 0 fully saturated rings. The lowest BCUT2D eigenvalue weighted by Gasteiger charge is -2.06. The van der Waals surface area contributed by atoms with Gasteiger partial charge in [0.1, 0.15) is 12.4 Å². The predicted octanol–water partition coefficient (Wildman–Crippen LogP) is 3.10. The van der Waals surface area contributed by atoms with Gasteiger partial charge in [-0.3, -0.25) is 4.98 Å². The molecule has 1 aromatic carbocycles. The van der Waals surface area contributed by atoms with Crippen molar-refractivity contribution in [3.8, 4) is 5.75 Å². The topological polar surface area (TPSA) is 48.4 Å². The highest BCUT2D eigenvalue weighted by Gasteiger charge is 2.04. The summed E-state index contributed by atoms with van der Waals surface area (Å²) in [6.45, 7) is 0.378. The van der Waals surface area contributed by atoms with Crippen LogP contribution in [-0.2, 0) is 11.3 Å². The number of rotatable bonds is 4. The molecule has 0 N–H and O–H groups in total. The Labute approximate surface area is 115 Å². The SMILES string of the molecule is COC(=O)c1ccc(COc2cncc(Cl)c2)cc1. The second-order valence-corrected chi connectivity index (χ2v) is 4.25. The summed E-state index contributed by atoms with van der Waals surface area (Å²) in [5.41, 5.74) is 1.45. The number of esters is 1. The summed E-state index contributed by atoms with van der Waals surface area (Å²) in [4.78, 5) is 15.2. The average Bonchev–Trinajstić information content (AvgIpc) is 2.45. The maximum atomic E-state index is 11.3. The smallest absolute Gasteiger partial charge is 0.337 e. The van der Waals surface area contributed by atoms with E-state index in [4.69, 9.17) is 16.3 Å². The van der Waals surface area contributed by atoms with Crippen molar-refractivity contribution in [3.05, 3.63) is 58.9 Å². The zero-order valence-electron chi connectivity index (χ0n) is 10.3. The van der Waals surface area contributed by atoms with Crippen molar-refractivity contribution in [2.75, 3.05) is 7.11 Å². The summed E-state index contributed by atoms with van der Waals surface area (Å²) >= 11 is 5.80. The Morgan fingerprint density at radius 2 is 2.00 bits per heavy atom. The van der Waals surface area contributed by atoms with E-state index in [1.165, 1.54) is 7.11 Å². The molecular weight excluding hydrogens is 266 g/mol.